The number of nitrogen functional groups attached to an aromatic ring is 1. The molecule has 2 heterocycles. The van der Waals surface area contributed by atoms with E-state index in [1.54, 1.807) is 0 Å². The van der Waals surface area contributed by atoms with Gasteiger partial charge in [-0.3, -0.25) is 0 Å². The summed E-state index contributed by atoms with van der Waals surface area (Å²) >= 11 is 0. The summed E-state index contributed by atoms with van der Waals surface area (Å²) in [6.45, 7) is 5.86. The van der Waals surface area contributed by atoms with Gasteiger partial charge in [-0.15, -0.1) is 0 Å². The third kappa shape index (κ3) is 3.19. The van der Waals surface area contributed by atoms with Crippen molar-refractivity contribution in [3.63, 3.8) is 0 Å². The minimum Gasteiger partial charge on any atom is -0.388 e. The Morgan fingerprint density at radius 2 is 2.05 bits per heavy atom. The standard InChI is InChI=1S/C14H24N4O2/c1-10(2)11-12(15)16-9-17-13(11)18(3)8-14(19)4-6-20-7-5-14/h9-10,19H,4-8H2,1-3H3,(H2,15,16,17). The molecule has 1 aliphatic heterocycles. The zero-order chi connectivity index (χ0) is 14.8. The molecule has 0 radical (unpaired) electrons. The molecule has 0 saturated carbocycles. The van der Waals surface area contributed by atoms with Gasteiger partial charge in [0.2, 0.25) is 0 Å². The third-order valence-corrected chi connectivity index (χ3v) is 3.79. The monoisotopic (exact) mass is 280 g/mol. The first-order valence-electron chi connectivity index (χ1n) is 7.04. The molecule has 0 unspecified atom stereocenters. The first kappa shape index (κ1) is 15.0. The van der Waals surface area contributed by atoms with Crippen LogP contribution in [0.25, 0.3) is 0 Å². The second kappa shape index (κ2) is 5.93. The average molecular weight is 280 g/mol. The van der Waals surface area contributed by atoms with Crippen LogP contribution in [0.15, 0.2) is 6.33 Å². The molecule has 6 nitrogen and oxygen atoms in total. The molecule has 3 N–H and O–H groups in total. The van der Waals surface area contributed by atoms with Crippen molar-refractivity contribution in [2.45, 2.75) is 38.2 Å². The Morgan fingerprint density at radius 1 is 1.40 bits per heavy atom. The minimum atomic E-state index is -0.721. The number of nitrogens with two attached hydrogens (primary N) is 1. The molecule has 1 aromatic heterocycles. The molecule has 20 heavy (non-hydrogen) atoms. The summed E-state index contributed by atoms with van der Waals surface area (Å²) < 4.78 is 5.31. The maximum atomic E-state index is 10.6. The van der Waals surface area contributed by atoms with E-state index in [0.29, 0.717) is 38.4 Å². The van der Waals surface area contributed by atoms with E-state index < -0.39 is 5.60 Å². The van der Waals surface area contributed by atoms with Gasteiger partial charge in [-0.05, 0) is 5.92 Å². The van der Waals surface area contributed by atoms with Crippen molar-refractivity contribution < 1.29 is 9.84 Å². The molecule has 2 rings (SSSR count). The highest BCUT2D eigenvalue weighted by Gasteiger charge is 2.32. The fourth-order valence-electron chi connectivity index (χ4n) is 2.68. The third-order valence-electron chi connectivity index (χ3n) is 3.79. The van der Waals surface area contributed by atoms with Crippen molar-refractivity contribution in [1.82, 2.24) is 9.97 Å². The van der Waals surface area contributed by atoms with Crippen LogP contribution in [-0.4, -0.2) is 47.5 Å². The van der Waals surface area contributed by atoms with Crippen LogP contribution in [0, 0.1) is 0 Å². The van der Waals surface area contributed by atoms with Gasteiger partial charge in [-0.25, -0.2) is 9.97 Å². The minimum absolute atomic E-state index is 0.234. The van der Waals surface area contributed by atoms with Crippen LogP contribution >= 0.6 is 0 Å². The van der Waals surface area contributed by atoms with Gasteiger partial charge in [0.05, 0.1) is 5.60 Å². The van der Waals surface area contributed by atoms with Crippen molar-refractivity contribution in [3.8, 4) is 0 Å². The lowest BCUT2D eigenvalue weighted by atomic mass is 9.93. The summed E-state index contributed by atoms with van der Waals surface area (Å²) in [5.74, 6) is 1.54. The molecule has 1 saturated heterocycles. The van der Waals surface area contributed by atoms with Gasteiger partial charge in [-0.2, -0.15) is 0 Å². The highest BCUT2D eigenvalue weighted by Crippen LogP contribution is 2.30. The SMILES string of the molecule is CC(C)c1c(N)ncnc1N(C)CC1(O)CCOCC1. The molecule has 0 bridgehead atoms. The van der Waals surface area contributed by atoms with Crippen LogP contribution in [0.2, 0.25) is 0 Å². The van der Waals surface area contributed by atoms with Gasteiger partial charge in [0.25, 0.3) is 0 Å². The molecule has 1 aromatic rings. The number of nitrogens with zero attached hydrogens (tertiary/aromatic N) is 3. The van der Waals surface area contributed by atoms with Crippen LogP contribution in [0.5, 0.6) is 0 Å². The Kier molecular flexibility index (Phi) is 4.45. The Balaban J connectivity index is 2.20. The van der Waals surface area contributed by atoms with Gasteiger partial charge in [-0.1, -0.05) is 13.8 Å². The van der Waals surface area contributed by atoms with E-state index in [2.05, 4.69) is 23.8 Å². The normalized spacial score (nSPS) is 18.2. The van der Waals surface area contributed by atoms with E-state index in [1.165, 1.54) is 6.33 Å². The highest BCUT2D eigenvalue weighted by molar-refractivity contribution is 5.58. The zero-order valence-electron chi connectivity index (χ0n) is 12.5. The Labute approximate surface area is 120 Å². The van der Waals surface area contributed by atoms with E-state index in [1.807, 2.05) is 11.9 Å². The lowest BCUT2D eigenvalue weighted by Crippen LogP contribution is -2.46. The number of hydrogen-bond donors (Lipinski definition) is 2. The van der Waals surface area contributed by atoms with Crippen molar-refractivity contribution in [2.24, 2.45) is 0 Å². The number of aliphatic hydroxyl groups is 1. The van der Waals surface area contributed by atoms with Crippen molar-refractivity contribution >= 4 is 11.6 Å². The van der Waals surface area contributed by atoms with E-state index in [4.69, 9.17) is 10.5 Å². The number of ether oxygens (including phenoxy) is 1. The smallest absolute Gasteiger partial charge is 0.137 e. The lowest BCUT2D eigenvalue weighted by Gasteiger charge is -2.36. The van der Waals surface area contributed by atoms with Crippen LogP contribution in [0.4, 0.5) is 11.6 Å². The Bertz CT molecular complexity index is 458. The number of rotatable bonds is 4. The second-order valence-electron chi connectivity index (χ2n) is 5.84. The van der Waals surface area contributed by atoms with E-state index in [-0.39, 0.29) is 5.92 Å². The first-order chi connectivity index (χ1) is 9.43. The summed E-state index contributed by atoms with van der Waals surface area (Å²) in [6, 6.07) is 0. The van der Waals surface area contributed by atoms with Crippen molar-refractivity contribution in [3.05, 3.63) is 11.9 Å². The molecule has 0 atom stereocenters. The number of likely N-dealkylation sites (N-methyl/N-ethyl adjacent to an activating group) is 1. The van der Waals surface area contributed by atoms with E-state index in [0.717, 1.165) is 11.4 Å². The molecule has 1 aliphatic rings. The van der Waals surface area contributed by atoms with Crippen LogP contribution in [0.1, 0.15) is 38.2 Å². The molecule has 1 fully saturated rings. The maximum Gasteiger partial charge on any atom is 0.137 e. The average Bonchev–Trinajstić information content (AvgIpc) is 2.38. The molecule has 6 heteroatoms. The molecular weight excluding hydrogens is 256 g/mol. The number of hydrogen-bond acceptors (Lipinski definition) is 6. The quantitative estimate of drug-likeness (QED) is 0.861. The topological polar surface area (TPSA) is 84.5 Å². The predicted octanol–water partition coefficient (Wildman–Crippen LogP) is 1.16. The molecular formula is C14H24N4O2. The van der Waals surface area contributed by atoms with Crippen LogP contribution in [-0.2, 0) is 4.74 Å². The number of aromatic nitrogens is 2. The molecule has 0 aliphatic carbocycles. The Morgan fingerprint density at radius 3 is 2.65 bits per heavy atom. The van der Waals surface area contributed by atoms with Crippen molar-refractivity contribution in [2.75, 3.05) is 37.4 Å². The molecule has 112 valence electrons. The van der Waals surface area contributed by atoms with Crippen molar-refractivity contribution in [1.29, 1.82) is 0 Å². The van der Waals surface area contributed by atoms with Gasteiger partial charge >= 0.3 is 0 Å². The molecule has 0 aromatic carbocycles. The largest absolute Gasteiger partial charge is 0.388 e. The van der Waals surface area contributed by atoms with E-state index >= 15 is 0 Å². The summed E-state index contributed by atoms with van der Waals surface area (Å²) in [6.07, 6.45) is 2.77. The zero-order valence-corrected chi connectivity index (χ0v) is 12.5. The molecule has 0 spiro atoms. The first-order valence-corrected chi connectivity index (χ1v) is 7.04. The maximum absolute atomic E-state index is 10.6. The Hall–Kier alpha value is -1.40. The fraction of sp³-hybridized carbons (Fsp3) is 0.714. The van der Waals surface area contributed by atoms with Gasteiger partial charge in [0.15, 0.2) is 0 Å². The fourth-order valence-corrected chi connectivity index (χ4v) is 2.68. The second-order valence-corrected chi connectivity index (χ2v) is 5.84. The summed E-state index contributed by atoms with van der Waals surface area (Å²) in [5.41, 5.74) is 6.18. The molecule has 0 amide bonds. The summed E-state index contributed by atoms with van der Waals surface area (Å²) in [7, 11) is 1.93. The van der Waals surface area contributed by atoms with Gasteiger partial charge in [0.1, 0.15) is 18.0 Å². The van der Waals surface area contributed by atoms with Crippen LogP contribution in [0.3, 0.4) is 0 Å². The summed E-state index contributed by atoms with van der Waals surface area (Å²) in [4.78, 5) is 10.4. The van der Waals surface area contributed by atoms with Gasteiger partial charge < -0.3 is 20.5 Å². The van der Waals surface area contributed by atoms with Gasteiger partial charge in [0, 0.05) is 45.2 Å². The summed E-state index contributed by atoms with van der Waals surface area (Å²) in [5, 5.41) is 10.6. The van der Waals surface area contributed by atoms with Crippen LogP contribution < -0.4 is 10.6 Å². The highest BCUT2D eigenvalue weighted by atomic mass is 16.5. The lowest BCUT2D eigenvalue weighted by molar-refractivity contribution is -0.0573. The predicted molar refractivity (Wildman–Crippen MR) is 78.8 cm³/mol. The number of anilines is 2. The van der Waals surface area contributed by atoms with E-state index in [9.17, 15) is 5.11 Å².